The van der Waals surface area contributed by atoms with Gasteiger partial charge in [-0.05, 0) is 29.4 Å². The minimum atomic E-state index is -0.573. The van der Waals surface area contributed by atoms with Gasteiger partial charge in [-0.2, -0.15) is 4.99 Å². The highest BCUT2D eigenvalue weighted by atomic mass is 32.9. The molecule has 0 aliphatic carbocycles. The standard InChI is InChI=1S/C31H21N3O4S5/c1-2-34-21(27(41-30-22(34)28(37)42-43-30)33-31(38)32-20-16-10-5-11-17-20)29-39-25(23(35)18-12-6-3-7-13-18)26(40-29)24(36)19-14-8-4-9-15-19/h3-17H,2H2,1H3,(H,32,38)/b33-27-. The molecule has 2 amide bonds. The number of aliphatic imine (C=N–C) groups is 1. The molecular formula is C31H21N3O4S5. The van der Waals surface area contributed by atoms with E-state index in [1.165, 1.54) is 45.6 Å². The van der Waals surface area contributed by atoms with Crippen LogP contribution >= 0.6 is 56.0 Å². The van der Waals surface area contributed by atoms with Crippen molar-refractivity contribution in [1.29, 1.82) is 0 Å². The third kappa shape index (κ3) is 6.06. The van der Waals surface area contributed by atoms with Gasteiger partial charge in [-0.15, -0.1) is 0 Å². The quantitative estimate of drug-likeness (QED) is 0.163. The lowest BCUT2D eigenvalue weighted by atomic mass is 10.1. The van der Waals surface area contributed by atoms with Crippen molar-refractivity contribution in [2.45, 2.75) is 11.1 Å². The van der Waals surface area contributed by atoms with Crippen LogP contribution in [0.5, 0.6) is 0 Å². The zero-order chi connectivity index (χ0) is 29.9. The summed E-state index contributed by atoms with van der Waals surface area (Å²) in [4.78, 5) is 60.6. The summed E-state index contributed by atoms with van der Waals surface area (Å²) in [6, 6.07) is 26.1. The van der Waals surface area contributed by atoms with E-state index in [9.17, 15) is 19.2 Å². The van der Waals surface area contributed by atoms with Crippen LogP contribution in [-0.2, 0) is 0 Å². The number of nitrogens with one attached hydrogen (secondary N) is 1. The topological polar surface area (TPSA) is 95.9 Å². The Balaban J connectivity index is 1.48. The Labute approximate surface area is 267 Å². The monoisotopic (exact) mass is 659 g/mol. The normalized spacial score (nSPS) is 15.6. The van der Waals surface area contributed by atoms with Gasteiger partial charge in [-0.3, -0.25) is 14.4 Å². The molecule has 43 heavy (non-hydrogen) atoms. The molecule has 2 aliphatic heterocycles. The number of hydrogen-bond acceptors (Lipinski definition) is 10. The maximum absolute atomic E-state index is 13.8. The molecule has 0 spiro atoms. The lowest BCUT2D eigenvalue weighted by Crippen LogP contribution is -2.33. The van der Waals surface area contributed by atoms with Crippen molar-refractivity contribution in [3.05, 3.63) is 131 Å². The summed E-state index contributed by atoms with van der Waals surface area (Å²) >= 11 is 3.60. The smallest absolute Gasteiger partial charge is 0.333 e. The van der Waals surface area contributed by atoms with Gasteiger partial charge in [-0.1, -0.05) is 124 Å². The number of fused-ring (bicyclic) bond motifs is 1. The molecule has 4 aromatic rings. The van der Waals surface area contributed by atoms with Crippen LogP contribution in [0.25, 0.3) is 0 Å². The second-order valence-corrected chi connectivity index (χ2v) is 14.7. The fraction of sp³-hybridized carbons (Fsp3) is 0.0645. The average Bonchev–Trinajstić information content (AvgIpc) is 3.64. The summed E-state index contributed by atoms with van der Waals surface area (Å²) in [5, 5.41) is 3.17. The van der Waals surface area contributed by atoms with Crippen LogP contribution in [0.3, 0.4) is 0 Å². The lowest BCUT2D eigenvalue weighted by molar-refractivity contribution is 0.101. The molecule has 0 saturated heterocycles. The minimum absolute atomic E-state index is 0.0950. The van der Waals surface area contributed by atoms with E-state index in [1.807, 2.05) is 42.2 Å². The van der Waals surface area contributed by atoms with E-state index in [0.717, 1.165) is 14.5 Å². The number of benzene rings is 3. The number of carbonyl (C=O) groups is 3. The highest BCUT2D eigenvalue weighted by Crippen LogP contribution is 2.56. The van der Waals surface area contributed by atoms with Gasteiger partial charge in [0.25, 0.3) is 4.74 Å². The third-order valence-corrected chi connectivity index (χ3v) is 12.6. The lowest BCUT2D eigenvalue weighted by Gasteiger charge is -2.31. The van der Waals surface area contributed by atoms with Crippen LogP contribution in [0.1, 0.15) is 27.6 Å². The number of urea groups is 1. The molecule has 6 rings (SSSR count). The number of Topliss-reactive ketones (excluding diaryl/α,β-unsaturated/α-hetero) is 2. The second kappa shape index (κ2) is 12.9. The van der Waals surface area contributed by atoms with Crippen LogP contribution in [0.2, 0.25) is 0 Å². The Morgan fingerprint density at radius 1 is 0.744 bits per heavy atom. The number of anilines is 2. The Morgan fingerprint density at radius 3 is 1.81 bits per heavy atom. The van der Waals surface area contributed by atoms with E-state index < -0.39 is 6.03 Å². The molecule has 2 aliphatic rings. The molecular weight excluding hydrogens is 639 g/mol. The van der Waals surface area contributed by atoms with E-state index in [1.54, 1.807) is 60.7 Å². The first-order chi connectivity index (χ1) is 20.9. The van der Waals surface area contributed by atoms with Crippen molar-refractivity contribution in [2.75, 3.05) is 16.8 Å². The first-order valence-electron chi connectivity index (χ1n) is 13.0. The Hall–Kier alpha value is -3.68. The maximum Gasteiger partial charge on any atom is 0.346 e. The third-order valence-electron chi connectivity index (χ3n) is 6.33. The fourth-order valence-corrected chi connectivity index (χ4v) is 10.9. The van der Waals surface area contributed by atoms with E-state index in [0.29, 0.717) is 53.8 Å². The molecule has 1 N–H and O–H groups in total. The number of allylic oxidation sites excluding steroid dienone is 2. The van der Waals surface area contributed by atoms with Crippen molar-refractivity contribution in [3.8, 4) is 0 Å². The molecule has 0 fully saturated rings. The van der Waals surface area contributed by atoms with Crippen LogP contribution in [-0.4, -0.2) is 29.2 Å². The van der Waals surface area contributed by atoms with Crippen molar-refractivity contribution in [2.24, 2.45) is 4.99 Å². The van der Waals surface area contributed by atoms with Crippen LogP contribution in [0, 0.1) is 0 Å². The number of nitrogens with zero attached hydrogens (tertiary/aromatic N) is 2. The minimum Gasteiger partial charge on any atom is -0.333 e. The van der Waals surface area contributed by atoms with Crippen molar-refractivity contribution in [3.63, 3.8) is 0 Å². The van der Waals surface area contributed by atoms with Gasteiger partial charge >= 0.3 is 6.03 Å². The van der Waals surface area contributed by atoms with Crippen molar-refractivity contribution in [1.82, 2.24) is 0 Å². The molecule has 0 atom stereocenters. The van der Waals surface area contributed by atoms with Gasteiger partial charge in [0.2, 0.25) is 11.6 Å². The molecule has 0 bridgehead atoms. The van der Waals surface area contributed by atoms with Gasteiger partial charge in [0.1, 0.15) is 14.9 Å². The maximum atomic E-state index is 13.8. The van der Waals surface area contributed by atoms with Gasteiger partial charge in [-0.25, -0.2) is 4.79 Å². The molecule has 7 nitrogen and oxygen atoms in total. The van der Waals surface area contributed by atoms with E-state index in [4.69, 9.17) is 0 Å². The summed E-state index contributed by atoms with van der Waals surface area (Å²) in [5.41, 5.74) is 2.56. The molecule has 214 valence electrons. The SMILES string of the molecule is CCN1C(=C2SC(C(=O)c3ccccc3)=C(C(=O)c3ccccc3)S2)/C(=N/C(=O)Nc2ccccc2)Sc2ssc(=O)c21. The number of ketones is 2. The fourth-order valence-electron chi connectivity index (χ4n) is 4.38. The first-order valence-corrected chi connectivity index (χ1v) is 17.6. The molecule has 0 unspecified atom stereocenters. The number of para-hydroxylation sites is 1. The number of hydrogen-bond donors (Lipinski definition) is 1. The predicted octanol–water partition coefficient (Wildman–Crippen LogP) is 8.36. The number of rotatable bonds is 6. The predicted molar refractivity (Wildman–Crippen MR) is 181 cm³/mol. The summed E-state index contributed by atoms with van der Waals surface area (Å²) in [6.07, 6.45) is 0. The number of thioether (sulfide) groups is 3. The van der Waals surface area contributed by atoms with Crippen LogP contribution < -0.4 is 15.0 Å². The molecule has 3 heterocycles. The Bertz CT molecular complexity index is 1810. The summed E-state index contributed by atoms with van der Waals surface area (Å²) in [6.45, 7) is 2.32. The van der Waals surface area contributed by atoms with Gasteiger partial charge in [0.05, 0.1) is 19.7 Å². The van der Waals surface area contributed by atoms with Crippen LogP contribution in [0.15, 0.2) is 125 Å². The number of amides is 2. The highest BCUT2D eigenvalue weighted by Gasteiger charge is 2.39. The zero-order valence-corrected chi connectivity index (χ0v) is 26.5. The molecule has 0 radical (unpaired) electrons. The van der Waals surface area contributed by atoms with Crippen molar-refractivity contribution < 1.29 is 14.4 Å². The molecule has 0 saturated carbocycles. The Morgan fingerprint density at radius 2 is 1.28 bits per heavy atom. The van der Waals surface area contributed by atoms with Gasteiger partial charge in [0.15, 0.2) is 0 Å². The largest absolute Gasteiger partial charge is 0.346 e. The number of carbonyl (C=O) groups excluding carboxylic acids is 3. The van der Waals surface area contributed by atoms with Crippen LogP contribution in [0.4, 0.5) is 16.2 Å². The molecule has 12 heteroatoms. The van der Waals surface area contributed by atoms with E-state index >= 15 is 0 Å². The molecule has 3 aromatic carbocycles. The molecule has 1 aromatic heterocycles. The zero-order valence-electron chi connectivity index (χ0n) is 22.4. The summed E-state index contributed by atoms with van der Waals surface area (Å²) in [7, 11) is 2.47. The summed E-state index contributed by atoms with van der Waals surface area (Å²) < 4.78 is 1.25. The van der Waals surface area contributed by atoms with Gasteiger partial charge in [0, 0.05) is 23.4 Å². The summed E-state index contributed by atoms with van der Waals surface area (Å²) in [5.74, 6) is -0.550. The average molecular weight is 660 g/mol. The second-order valence-electron chi connectivity index (χ2n) is 9.04. The van der Waals surface area contributed by atoms with Gasteiger partial charge < -0.3 is 10.2 Å². The first kappa shape index (κ1) is 29.4. The van der Waals surface area contributed by atoms with E-state index in [-0.39, 0.29) is 16.3 Å². The van der Waals surface area contributed by atoms with Crippen molar-refractivity contribution >= 4 is 90.0 Å². The van der Waals surface area contributed by atoms with E-state index in [2.05, 4.69) is 10.3 Å². The Kier molecular flexibility index (Phi) is 8.82. The highest BCUT2D eigenvalue weighted by molar-refractivity contribution is 8.29.